The van der Waals surface area contributed by atoms with Crippen LogP contribution in [0, 0.1) is 5.82 Å². The highest BCUT2D eigenvalue weighted by molar-refractivity contribution is 5.44. The van der Waals surface area contributed by atoms with Crippen molar-refractivity contribution in [3.05, 3.63) is 24.0 Å². The predicted octanol–water partition coefficient (Wildman–Crippen LogP) is 2.69. The molecule has 0 aliphatic carbocycles. The van der Waals surface area contributed by atoms with Crippen LogP contribution in [0.4, 0.5) is 27.6 Å². The molecule has 0 amide bonds. The van der Waals surface area contributed by atoms with E-state index in [1.165, 1.54) is 0 Å². The van der Waals surface area contributed by atoms with E-state index in [1.54, 1.807) is 0 Å². The van der Waals surface area contributed by atoms with Gasteiger partial charge in [0.25, 0.3) is 0 Å². The van der Waals surface area contributed by atoms with Gasteiger partial charge >= 0.3 is 12.3 Å². The summed E-state index contributed by atoms with van der Waals surface area (Å²) in [6.07, 6.45) is -3.83. The highest BCUT2D eigenvalue weighted by Crippen LogP contribution is 2.25. The molecule has 0 saturated heterocycles. The maximum absolute atomic E-state index is 12.7. The van der Waals surface area contributed by atoms with Gasteiger partial charge in [0.2, 0.25) is 0 Å². The zero-order valence-electron chi connectivity index (χ0n) is 7.89. The van der Waals surface area contributed by atoms with Crippen molar-refractivity contribution in [1.29, 1.82) is 0 Å². The normalized spacial score (nSPS) is 11.9. The van der Waals surface area contributed by atoms with Gasteiger partial charge in [-0.2, -0.15) is 8.78 Å². The van der Waals surface area contributed by atoms with Crippen molar-refractivity contribution < 1.29 is 26.7 Å². The van der Waals surface area contributed by atoms with Gasteiger partial charge in [-0.3, -0.25) is 0 Å². The van der Waals surface area contributed by atoms with Crippen LogP contribution in [0.1, 0.15) is 0 Å². The minimum absolute atomic E-state index is 0.0460. The Balaban J connectivity index is 2.68. The number of hydrogen-bond acceptors (Lipinski definition) is 2. The van der Waals surface area contributed by atoms with Crippen LogP contribution in [0.5, 0.6) is 5.75 Å². The van der Waals surface area contributed by atoms with Crippen LogP contribution in [0.2, 0.25) is 0 Å². The zero-order valence-corrected chi connectivity index (χ0v) is 7.89. The van der Waals surface area contributed by atoms with Crippen molar-refractivity contribution in [2.24, 2.45) is 0 Å². The molecule has 1 aromatic carbocycles. The summed E-state index contributed by atoms with van der Waals surface area (Å²) in [5.41, 5.74) is 5.16. The molecular formula is C9H8F5NO. The summed E-state index contributed by atoms with van der Waals surface area (Å²) >= 11 is 0. The van der Waals surface area contributed by atoms with Crippen LogP contribution in [-0.4, -0.2) is 19.0 Å². The average Bonchev–Trinajstić information content (AvgIpc) is 2.13. The van der Waals surface area contributed by atoms with Crippen molar-refractivity contribution in [1.82, 2.24) is 0 Å². The second-order valence-electron chi connectivity index (χ2n) is 3.07. The van der Waals surface area contributed by atoms with Gasteiger partial charge in [-0.05, 0) is 6.07 Å². The molecular weight excluding hydrogens is 233 g/mol. The van der Waals surface area contributed by atoms with E-state index in [0.717, 1.165) is 18.2 Å². The van der Waals surface area contributed by atoms with Gasteiger partial charge in [0.15, 0.2) is 6.61 Å². The van der Waals surface area contributed by atoms with Gasteiger partial charge < -0.3 is 10.5 Å². The minimum Gasteiger partial charge on any atom is -0.487 e. The quantitative estimate of drug-likeness (QED) is 0.649. The third-order valence-electron chi connectivity index (χ3n) is 1.64. The summed E-state index contributed by atoms with van der Waals surface area (Å²) in [6, 6.07) is 2.78. The van der Waals surface area contributed by atoms with E-state index < -0.39 is 24.8 Å². The SMILES string of the molecule is Nc1cc(F)cc(OCC(F)(F)C(F)F)c1. The summed E-state index contributed by atoms with van der Waals surface area (Å²) < 4.78 is 65.4. The molecule has 0 atom stereocenters. The van der Waals surface area contributed by atoms with Crippen LogP contribution in [0.15, 0.2) is 18.2 Å². The fourth-order valence-corrected chi connectivity index (χ4v) is 0.910. The lowest BCUT2D eigenvalue weighted by atomic mass is 10.3. The molecule has 0 aliphatic heterocycles. The Morgan fingerprint density at radius 1 is 1.25 bits per heavy atom. The lowest BCUT2D eigenvalue weighted by Crippen LogP contribution is -2.33. The summed E-state index contributed by atoms with van der Waals surface area (Å²) in [5, 5.41) is 0. The first-order valence-electron chi connectivity index (χ1n) is 4.16. The number of hydrogen-bond donors (Lipinski definition) is 1. The average molecular weight is 241 g/mol. The van der Waals surface area contributed by atoms with E-state index in [0.29, 0.717) is 0 Å². The van der Waals surface area contributed by atoms with Crippen molar-refractivity contribution in [2.75, 3.05) is 12.3 Å². The lowest BCUT2D eigenvalue weighted by Gasteiger charge is -2.16. The van der Waals surface area contributed by atoms with E-state index in [4.69, 9.17) is 5.73 Å². The Bertz CT molecular complexity index is 349. The number of alkyl halides is 4. The Labute approximate surface area is 87.8 Å². The Morgan fingerprint density at radius 2 is 1.88 bits per heavy atom. The summed E-state index contributed by atoms with van der Waals surface area (Å²) in [4.78, 5) is 0. The maximum Gasteiger partial charge on any atom is 0.340 e. The Kier molecular flexibility index (Phi) is 3.56. The highest BCUT2D eigenvalue weighted by atomic mass is 19.3. The topological polar surface area (TPSA) is 35.2 Å². The zero-order chi connectivity index (χ0) is 12.3. The second-order valence-corrected chi connectivity index (χ2v) is 3.07. The maximum atomic E-state index is 12.7. The molecule has 0 spiro atoms. The highest BCUT2D eigenvalue weighted by Gasteiger charge is 2.41. The fraction of sp³-hybridized carbons (Fsp3) is 0.333. The summed E-state index contributed by atoms with van der Waals surface area (Å²) in [7, 11) is 0. The largest absolute Gasteiger partial charge is 0.487 e. The minimum atomic E-state index is -4.28. The van der Waals surface area contributed by atoms with Gasteiger partial charge in [-0.15, -0.1) is 0 Å². The summed E-state index contributed by atoms with van der Waals surface area (Å²) in [6.45, 7) is -1.53. The molecule has 0 heterocycles. The first-order valence-corrected chi connectivity index (χ1v) is 4.16. The van der Waals surface area contributed by atoms with Gasteiger partial charge in [0, 0.05) is 17.8 Å². The second kappa shape index (κ2) is 4.54. The fourth-order valence-electron chi connectivity index (χ4n) is 0.910. The van der Waals surface area contributed by atoms with Gasteiger partial charge in [0.1, 0.15) is 11.6 Å². The van der Waals surface area contributed by atoms with Crippen molar-refractivity contribution in [2.45, 2.75) is 12.3 Å². The molecule has 0 radical (unpaired) electrons. The molecule has 0 bridgehead atoms. The molecule has 0 aromatic heterocycles. The molecule has 1 rings (SSSR count). The Hall–Kier alpha value is -1.53. The monoisotopic (exact) mass is 241 g/mol. The molecule has 0 fully saturated rings. The number of benzene rings is 1. The van der Waals surface area contributed by atoms with Crippen molar-refractivity contribution in [3.8, 4) is 5.75 Å². The number of halogens is 5. The number of nitrogen functional groups attached to an aromatic ring is 1. The van der Waals surface area contributed by atoms with Crippen LogP contribution in [0.3, 0.4) is 0 Å². The van der Waals surface area contributed by atoms with Gasteiger partial charge in [-0.1, -0.05) is 0 Å². The first kappa shape index (κ1) is 12.5. The molecule has 1 aromatic rings. The third kappa shape index (κ3) is 3.25. The molecule has 90 valence electrons. The van der Waals surface area contributed by atoms with Crippen LogP contribution in [-0.2, 0) is 0 Å². The van der Waals surface area contributed by atoms with Gasteiger partial charge in [-0.25, -0.2) is 13.2 Å². The first-order chi connectivity index (χ1) is 7.31. The van der Waals surface area contributed by atoms with E-state index >= 15 is 0 Å². The number of nitrogens with two attached hydrogens (primary N) is 1. The lowest BCUT2D eigenvalue weighted by molar-refractivity contribution is -0.148. The molecule has 2 nitrogen and oxygen atoms in total. The standard InChI is InChI=1S/C9H8F5NO/c10-5-1-6(15)3-7(2-5)16-4-9(13,14)8(11)12/h1-3,8H,4,15H2. The molecule has 2 N–H and O–H groups in total. The van der Waals surface area contributed by atoms with E-state index in [-0.39, 0.29) is 11.4 Å². The van der Waals surface area contributed by atoms with E-state index in [9.17, 15) is 22.0 Å². The third-order valence-corrected chi connectivity index (χ3v) is 1.64. The number of rotatable bonds is 4. The molecule has 0 unspecified atom stereocenters. The van der Waals surface area contributed by atoms with Crippen molar-refractivity contribution in [3.63, 3.8) is 0 Å². The molecule has 7 heteroatoms. The smallest absolute Gasteiger partial charge is 0.340 e. The molecule has 0 aliphatic rings. The predicted molar refractivity (Wildman–Crippen MR) is 47.3 cm³/mol. The number of ether oxygens (including phenoxy) is 1. The molecule has 0 saturated carbocycles. The Morgan fingerprint density at radius 3 is 2.38 bits per heavy atom. The van der Waals surface area contributed by atoms with Crippen molar-refractivity contribution >= 4 is 5.69 Å². The van der Waals surface area contributed by atoms with Gasteiger partial charge in [0.05, 0.1) is 0 Å². The van der Waals surface area contributed by atoms with E-state index in [2.05, 4.69) is 4.74 Å². The number of anilines is 1. The van der Waals surface area contributed by atoms with Crippen LogP contribution >= 0.6 is 0 Å². The van der Waals surface area contributed by atoms with E-state index in [1.807, 2.05) is 0 Å². The summed E-state index contributed by atoms with van der Waals surface area (Å²) in [5.74, 6) is -5.39. The van der Waals surface area contributed by atoms with Crippen LogP contribution < -0.4 is 10.5 Å². The van der Waals surface area contributed by atoms with Crippen LogP contribution in [0.25, 0.3) is 0 Å². The molecule has 16 heavy (non-hydrogen) atoms.